The monoisotopic (exact) mass is 354 g/mol. The average Bonchev–Trinajstić information content (AvgIpc) is 2.49. The molecule has 0 aliphatic carbocycles. The zero-order valence-electron chi connectivity index (χ0n) is 16.0. The molecule has 1 aliphatic heterocycles. The van der Waals surface area contributed by atoms with E-state index in [0.29, 0.717) is 12.8 Å². The summed E-state index contributed by atoms with van der Waals surface area (Å²) in [6, 6.07) is -0.886. The van der Waals surface area contributed by atoms with Crippen molar-refractivity contribution in [1.82, 2.24) is 10.2 Å². The molecule has 1 aliphatic rings. The molecule has 0 aromatic rings. The van der Waals surface area contributed by atoms with Crippen molar-refractivity contribution >= 4 is 17.8 Å². The second-order valence-corrected chi connectivity index (χ2v) is 7.48. The van der Waals surface area contributed by atoms with Gasteiger partial charge in [0.15, 0.2) is 5.78 Å². The van der Waals surface area contributed by atoms with Crippen LogP contribution in [0, 0.1) is 5.92 Å². The summed E-state index contributed by atoms with van der Waals surface area (Å²) < 4.78 is 10.4. The fourth-order valence-electron chi connectivity index (χ4n) is 2.68. The lowest BCUT2D eigenvalue weighted by Crippen LogP contribution is -2.52. The van der Waals surface area contributed by atoms with Gasteiger partial charge in [0.2, 0.25) is 5.91 Å². The minimum atomic E-state index is -0.883. The number of rotatable bonds is 5. The normalized spacial score (nSPS) is 21.9. The molecule has 7 heteroatoms. The van der Waals surface area contributed by atoms with Gasteiger partial charge in [0.25, 0.3) is 0 Å². The summed E-state index contributed by atoms with van der Waals surface area (Å²) in [5.74, 6) is -0.767. The van der Waals surface area contributed by atoms with Gasteiger partial charge in [0, 0.05) is 12.6 Å². The van der Waals surface area contributed by atoms with Crippen LogP contribution in [0.5, 0.6) is 0 Å². The third kappa shape index (κ3) is 6.07. The summed E-state index contributed by atoms with van der Waals surface area (Å²) in [6.45, 7) is 12.6. The van der Waals surface area contributed by atoms with Crippen molar-refractivity contribution in [1.29, 1.82) is 0 Å². The number of amides is 2. The first-order chi connectivity index (χ1) is 11.5. The van der Waals surface area contributed by atoms with Crippen LogP contribution in [0.4, 0.5) is 4.79 Å². The Kier molecular flexibility index (Phi) is 7.02. The molecule has 1 fully saturated rings. The van der Waals surface area contributed by atoms with Crippen LogP contribution in [-0.2, 0) is 19.1 Å². The molecule has 1 heterocycles. The molecule has 0 saturated carbocycles. The summed E-state index contributed by atoms with van der Waals surface area (Å²) in [5, 5.41) is 2.67. The largest absolute Gasteiger partial charge is 0.499 e. The van der Waals surface area contributed by atoms with E-state index in [2.05, 4.69) is 11.9 Å². The van der Waals surface area contributed by atoms with Crippen molar-refractivity contribution in [3.05, 3.63) is 12.3 Å². The maximum atomic E-state index is 12.6. The molecule has 0 bridgehead atoms. The van der Waals surface area contributed by atoms with Gasteiger partial charge in [-0.3, -0.25) is 9.59 Å². The summed E-state index contributed by atoms with van der Waals surface area (Å²) in [5.41, 5.74) is -0.595. The van der Waals surface area contributed by atoms with E-state index in [1.54, 1.807) is 25.7 Å². The van der Waals surface area contributed by atoms with Crippen LogP contribution >= 0.6 is 0 Å². The number of likely N-dealkylation sites (tertiary alicyclic amines) is 1. The molecule has 0 aromatic heterocycles. The first kappa shape index (κ1) is 21.0. The van der Waals surface area contributed by atoms with Gasteiger partial charge in [-0.1, -0.05) is 6.58 Å². The van der Waals surface area contributed by atoms with E-state index >= 15 is 0 Å². The topological polar surface area (TPSA) is 84.9 Å². The van der Waals surface area contributed by atoms with Crippen molar-refractivity contribution in [2.45, 2.75) is 65.1 Å². The number of ketones is 1. The SMILES string of the molecule is C=C(OC)C(NC(=O)[C@@H]1CC[C@@H](C)N(C(=O)OC(C)(C)C)C1)C(C)=O. The molecule has 1 saturated heterocycles. The average molecular weight is 354 g/mol. The van der Waals surface area contributed by atoms with Gasteiger partial charge in [0.1, 0.15) is 17.4 Å². The minimum Gasteiger partial charge on any atom is -0.499 e. The van der Waals surface area contributed by atoms with Gasteiger partial charge >= 0.3 is 6.09 Å². The second kappa shape index (κ2) is 8.36. The number of carbonyl (C=O) groups is 3. The number of carbonyl (C=O) groups excluding carboxylic acids is 3. The number of methoxy groups -OCH3 is 1. The first-order valence-corrected chi connectivity index (χ1v) is 8.49. The molecule has 1 unspecified atom stereocenters. The lowest BCUT2D eigenvalue weighted by atomic mass is 9.92. The van der Waals surface area contributed by atoms with Crippen molar-refractivity contribution in [2.75, 3.05) is 13.7 Å². The van der Waals surface area contributed by atoms with Gasteiger partial charge in [-0.25, -0.2) is 4.79 Å². The highest BCUT2D eigenvalue weighted by atomic mass is 16.6. The molecule has 0 radical (unpaired) electrons. The Morgan fingerprint density at radius 1 is 1.24 bits per heavy atom. The molecule has 3 atom stereocenters. The molecule has 1 N–H and O–H groups in total. The number of piperidine rings is 1. The summed E-state index contributed by atoms with van der Waals surface area (Å²) in [7, 11) is 1.40. The van der Waals surface area contributed by atoms with E-state index in [4.69, 9.17) is 9.47 Å². The Morgan fingerprint density at radius 3 is 2.32 bits per heavy atom. The molecule has 2 amide bonds. The van der Waals surface area contributed by atoms with Crippen molar-refractivity contribution in [3.8, 4) is 0 Å². The fraction of sp³-hybridized carbons (Fsp3) is 0.722. The highest BCUT2D eigenvalue weighted by Crippen LogP contribution is 2.24. The molecule has 142 valence electrons. The molecule has 0 aromatic carbocycles. The fourth-order valence-corrected chi connectivity index (χ4v) is 2.68. The lowest BCUT2D eigenvalue weighted by molar-refractivity contribution is -0.131. The smallest absolute Gasteiger partial charge is 0.410 e. The van der Waals surface area contributed by atoms with Gasteiger partial charge in [-0.2, -0.15) is 0 Å². The number of nitrogens with zero attached hydrogens (tertiary/aromatic N) is 1. The number of Topliss-reactive ketones (excluding diaryl/α,β-unsaturated/α-hetero) is 1. The van der Waals surface area contributed by atoms with Crippen LogP contribution in [0.1, 0.15) is 47.5 Å². The summed E-state index contributed by atoms with van der Waals surface area (Å²) in [4.78, 5) is 38.2. The Bertz CT molecular complexity index is 538. The van der Waals surface area contributed by atoms with Crippen molar-refractivity contribution < 1.29 is 23.9 Å². The number of ether oxygens (including phenoxy) is 2. The van der Waals surface area contributed by atoms with Gasteiger partial charge in [-0.05, 0) is 47.5 Å². The van der Waals surface area contributed by atoms with E-state index < -0.39 is 23.7 Å². The third-order valence-electron chi connectivity index (χ3n) is 4.16. The maximum absolute atomic E-state index is 12.6. The Balaban J connectivity index is 2.78. The van der Waals surface area contributed by atoms with Crippen LogP contribution in [-0.4, -0.2) is 54.0 Å². The van der Waals surface area contributed by atoms with E-state index in [-0.39, 0.29) is 30.0 Å². The Morgan fingerprint density at radius 2 is 1.84 bits per heavy atom. The van der Waals surface area contributed by atoms with Gasteiger partial charge in [0.05, 0.1) is 13.0 Å². The van der Waals surface area contributed by atoms with E-state index in [1.807, 2.05) is 6.92 Å². The summed E-state index contributed by atoms with van der Waals surface area (Å²) >= 11 is 0. The van der Waals surface area contributed by atoms with E-state index in [9.17, 15) is 14.4 Å². The maximum Gasteiger partial charge on any atom is 0.410 e. The Labute approximate surface area is 149 Å². The van der Waals surface area contributed by atoms with E-state index in [1.165, 1.54) is 14.0 Å². The highest BCUT2D eigenvalue weighted by Gasteiger charge is 2.36. The van der Waals surface area contributed by atoms with Crippen LogP contribution in [0.15, 0.2) is 12.3 Å². The molecule has 25 heavy (non-hydrogen) atoms. The lowest BCUT2D eigenvalue weighted by Gasteiger charge is -2.38. The zero-order valence-corrected chi connectivity index (χ0v) is 16.0. The first-order valence-electron chi connectivity index (χ1n) is 8.49. The molecule has 0 spiro atoms. The van der Waals surface area contributed by atoms with Gasteiger partial charge in [-0.15, -0.1) is 0 Å². The van der Waals surface area contributed by atoms with Gasteiger partial charge < -0.3 is 19.7 Å². The van der Waals surface area contributed by atoms with Crippen LogP contribution < -0.4 is 5.32 Å². The zero-order chi connectivity index (χ0) is 19.4. The van der Waals surface area contributed by atoms with Crippen molar-refractivity contribution in [2.24, 2.45) is 5.92 Å². The molecule has 1 rings (SSSR count). The highest BCUT2D eigenvalue weighted by molar-refractivity contribution is 5.90. The minimum absolute atomic E-state index is 0.00329. The van der Waals surface area contributed by atoms with E-state index in [0.717, 1.165) is 0 Å². The Hall–Kier alpha value is -2.05. The molecular formula is C18H30N2O5. The third-order valence-corrected chi connectivity index (χ3v) is 4.16. The predicted molar refractivity (Wildman–Crippen MR) is 93.9 cm³/mol. The quantitative estimate of drug-likeness (QED) is 0.766. The molecule has 7 nitrogen and oxygen atoms in total. The van der Waals surface area contributed by atoms with Crippen LogP contribution in [0.25, 0.3) is 0 Å². The standard InChI is InChI=1S/C18H30N2O5/c1-11-8-9-14(10-20(11)17(23)25-18(4,5)6)16(22)19-15(12(2)21)13(3)24-7/h11,14-15H,3,8-10H2,1-2,4-7H3,(H,19,22)/t11-,14-,15?/m1/s1. The van der Waals surface area contributed by atoms with Crippen LogP contribution in [0.2, 0.25) is 0 Å². The predicted octanol–water partition coefficient (Wildman–Crippen LogP) is 2.26. The number of hydrogen-bond acceptors (Lipinski definition) is 5. The second-order valence-electron chi connectivity index (χ2n) is 7.48. The van der Waals surface area contributed by atoms with Crippen molar-refractivity contribution in [3.63, 3.8) is 0 Å². The molecular weight excluding hydrogens is 324 g/mol. The number of nitrogens with one attached hydrogen (secondary N) is 1. The number of hydrogen-bond donors (Lipinski definition) is 1. The van der Waals surface area contributed by atoms with Crippen LogP contribution in [0.3, 0.4) is 0 Å². The summed E-state index contributed by atoms with van der Waals surface area (Å²) in [6.07, 6.45) is 0.894.